The molecule has 88 valence electrons. The van der Waals surface area contributed by atoms with Crippen LogP contribution in [-0.4, -0.2) is 13.1 Å². The second kappa shape index (κ2) is 4.13. The number of hydrogen-bond donors (Lipinski definition) is 1. The van der Waals surface area contributed by atoms with Crippen molar-refractivity contribution in [1.82, 2.24) is 5.32 Å². The second-order valence-corrected chi connectivity index (χ2v) is 4.94. The maximum atomic E-state index is 13.5. The highest BCUT2D eigenvalue weighted by Crippen LogP contribution is 2.48. The molecule has 1 fully saturated rings. The Balaban J connectivity index is 2.13. The summed E-state index contributed by atoms with van der Waals surface area (Å²) in [5.74, 6) is -0.954. The zero-order chi connectivity index (χ0) is 11.8. The van der Waals surface area contributed by atoms with Gasteiger partial charge in [-0.1, -0.05) is 13.0 Å². The van der Waals surface area contributed by atoms with Gasteiger partial charge in [0.05, 0.1) is 0 Å². The minimum Gasteiger partial charge on any atom is -0.316 e. The number of rotatable bonds is 4. The van der Waals surface area contributed by atoms with Gasteiger partial charge in [0.25, 0.3) is 0 Å². The van der Waals surface area contributed by atoms with Crippen LogP contribution < -0.4 is 5.32 Å². The summed E-state index contributed by atoms with van der Waals surface area (Å²) in [5.41, 5.74) is 0.879. The highest BCUT2D eigenvalue weighted by Gasteiger charge is 2.44. The molecule has 1 atom stereocenters. The van der Waals surface area contributed by atoms with Crippen LogP contribution in [0.15, 0.2) is 18.2 Å². The maximum Gasteiger partial charge on any atom is 0.129 e. The summed E-state index contributed by atoms with van der Waals surface area (Å²) >= 11 is 0. The largest absolute Gasteiger partial charge is 0.316 e. The van der Waals surface area contributed by atoms with Gasteiger partial charge in [0.2, 0.25) is 0 Å². The molecule has 0 saturated heterocycles. The zero-order valence-electron chi connectivity index (χ0n) is 9.69. The van der Waals surface area contributed by atoms with E-state index in [9.17, 15) is 8.78 Å². The fourth-order valence-electron chi connectivity index (χ4n) is 2.15. The van der Waals surface area contributed by atoms with Crippen molar-refractivity contribution >= 4 is 0 Å². The minimum atomic E-state index is -0.514. The summed E-state index contributed by atoms with van der Waals surface area (Å²) < 4.78 is 26.2. The van der Waals surface area contributed by atoms with E-state index in [-0.39, 0.29) is 11.5 Å². The van der Waals surface area contributed by atoms with Crippen LogP contribution in [0.3, 0.4) is 0 Å². The third kappa shape index (κ3) is 2.24. The van der Waals surface area contributed by atoms with E-state index in [1.165, 1.54) is 18.9 Å². The van der Waals surface area contributed by atoms with Crippen molar-refractivity contribution in [2.75, 3.05) is 7.05 Å². The number of benzene rings is 1. The number of halogens is 2. The Morgan fingerprint density at radius 1 is 1.38 bits per heavy atom. The Labute approximate surface area is 94.9 Å². The third-order valence-corrected chi connectivity index (χ3v) is 3.67. The molecular weight excluding hydrogens is 208 g/mol. The Hall–Kier alpha value is -0.960. The van der Waals surface area contributed by atoms with Crippen molar-refractivity contribution in [2.24, 2.45) is 5.41 Å². The van der Waals surface area contributed by atoms with Gasteiger partial charge < -0.3 is 5.32 Å². The molecule has 1 aromatic carbocycles. The smallest absolute Gasteiger partial charge is 0.129 e. The quantitative estimate of drug-likeness (QED) is 0.830. The second-order valence-electron chi connectivity index (χ2n) is 4.94. The van der Waals surface area contributed by atoms with Gasteiger partial charge in [0.1, 0.15) is 11.6 Å². The predicted molar refractivity (Wildman–Crippen MR) is 60.3 cm³/mol. The zero-order valence-corrected chi connectivity index (χ0v) is 9.69. The molecule has 0 radical (unpaired) electrons. The first kappa shape index (κ1) is 11.5. The highest BCUT2D eigenvalue weighted by atomic mass is 19.1. The Kier molecular flexibility index (Phi) is 2.98. The van der Waals surface area contributed by atoms with E-state index in [2.05, 4.69) is 12.2 Å². The summed E-state index contributed by atoms with van der Waals surface area (Å²) in [7, 11) is 1.90. The molecule has 1 aliphatic rings. The van der Waals surface area contributed by atoms with E-state index in [4.69, 9.17) is 0 Å². The first-order chi connectivity index (χ1) is 7.55. The van der Waals surface area contributed by atoms with E-state index in [1.54, 1.807) is 6.07 Å². The lowest BCUT2D eigenvalue weighted by Crippen LogP contribution is -2.35. The predicted octanol–water partition coefficient (Wildman–Crippen LogP) is 2.90. The molecule has 0 aliphatic heterocycles. The van der Waals surface area contributed by atoms with Gasteiger partial charge >= 0.3 is 0 Å². The van der Waals surface area contributed by atoms with E-state index < -0.39 is 11.6 Å². The van der Waals surface area contributed by atoms with Gasteiger partial charge in [-0.2, -0.15) is 0 Å². The molecule has 16 heavy (non-hydrogen) atoms. The summed E-state index contributed by atoms with van der Waals surface area (Å²) in [6.07, 6.45) is 2.99. The van der Waals surface area contributed by atoms with Gasteiger partial charge in [-0.3, -0.25) is 0 Å². The van der Waals surface area contributed by atoms with E-state index in [1.807, 2.05) is 7.05 Å². The molecule has 0 spiro atoms. The van der Waals surface area contributed by atoms with Crippen molar-refractivity contribution in [2.45, 2.75) is 32.2 Å². The van der Waals surface area contributed by atoms with E-state index in [0.29, 0.717) is 12.0 Å². The van der Waals surface area contributed by atoms with Crippen LogP contribution in [0.4, 0.5) is 8.78 Å². The Morgan fingerprint density at radius 2 is 2.06 bits per heavy atom. The van der Waals surface area contributed by atoms with Crippen LogP contribution >= 0.6 is 0 Å². The van der Waals surface area contributed by atoms with Crippen LogP contribution in [0.1, 0.15) is 25.3 Å². The van der Waals surface area contributed by atoms with Crippen molar-refractivity contribution in [3.8, 4) is 0 Å². The topological polar surface area (TPSA) is 12.0 Å². The van der Waals surface area contributed by atoms with Crippen LogP contribution in [0, 0.1) is 17.0 Å². The molecule has 0 amide bonds. The van der Waals surface area contributed by atoms with Crippen LogP contribution in [-0.2, 0) is 6.42 Å². The highest BCUT2D eigenvalue weighted by molar-refractivity contribution is 5.21. The molecule has 1 nitrogen and oxygen atoms in total. The average molecular weight is 225 g/mol. The SMILES string of the molecule is CNC(Cc1ccc(F)cc1F)C1(C)CC1. The summed E-state index contributed by atoms with van der Waals surface area (Å²) in [6, 6.07) is 4.09. The molecule has 1 unspecified atom stereocenters. The molecule has 2 rings (SSSR count). The lowest BCUT2D eigenvalue weighted by Gasteiger charge is -2.23. The molecule has 1 saturated carbocycles. The lowest BCUT2D eigenvalue weighted by molar-refractivity contribution is 0.371. The van der Waals surface area contributed by atoms with Gasteiger partial charge in [-0.05, 0) is 43.4 Å². The molecule has 0 aromatic heterocycles. The van der Waals surface area contributed by atoms with E-state index in [0.717, 1.165) is 6.07 Å². The summed E-state index contributed by atoms with van der Waals surface area (Å²) in [6.45, 7) is 2.20. The normalized spacial score (nSPS) is 19.5. The van der Waals surface area contributed by atoms with Crippen LogP contribution in [0.25, 0.3) is 0 Å². The molecule has 0 heterocycles. The first-order valence-corrected chi connectivity index (χ1v) is 5.66. The molecule has 1 N–H and O–H groups in total. The lowest BCUT2D eigenvalue weighted by atomic mass is 9.92. The van der Waals surface area contributed by atoms with Crippen molar-refractivity contribution in [1.29, 1.82) is 0 Å². The molecular formula is C13H17F2N. The Bertz CT molecular complexity index is 386. The number of likely N-dealkylation sites (N-methyl/N-ethyl adjacent to an activating group) is 1. The van der Waals surface area contributed by atoms with Crippen LogP contribution in [0.2, 0.25) is 0 Å². The van der Waals surface area contributed by atoms with Gasteiger partial charge in [0.15, 0.2) is 0 Å². The fourth-order valence-corrected chi connectivity index (χ4v) is 2.15. The third-order valence-electron chi connectivity index (χ3n) is 3.67. The standard InChI is InChI=1S/C13H17F2N/c1-13(5-6-13)12(16-2)7-9-3-4-10(14)8-11(9)15/h3-4,8,12,16H,5-7H2,1-2H3. The average Bonchev–Trinajstić information content (AvgIpc) is 2.96. The van der Waals surface area contributed by atoms with Gasteiger partial charge in [-0.15, -0.1) is 0 Å². The van der Waals surface area contributed by atoms with Gasteiger partial charge in [-0.25, -0.2) is 8.78 Å². The van der Waals surface area contributed by atoms with E-state index >= 15 is 0 Å². The Morgan fingerprint density at radius 3 is 2.56 bits per heavy atom. The van der Waals surface area contributed by atoms with Crippen molar-refractivity contribution in [3.05, 3.63) is 35.4 Å². The first-order valence-electron chi connectivity index (χ1n) is 5.66. The van der Waals surface area contributed by atoms with Crippen molar-refractivity contribution < 1.29 is 8.78 Å². The fraction of sp³-hybridized carbons (Fsp3) is 0.538. The maximum absolute atomic E-state index is 13.5. The molecule has 1 aliphatic carbocycles. The molecule has 3 heteroatoms. The summed E-state index contributed by atoms with van der Waals surface area (Å²) in [5, 5.41) is 3.23. The number of nitrogens with one attached hydrogen (secondary N) is 1. The van der Waals surface area contributed by atoms with Crippen LogP contribution in [0.5, 0.6) is 0 Å². The van der Waals surface area contributed by atoms with Gasteiger partial charge in [0, 0.05) is 12.1 Å². The summed E-state index contributed by atoms with van der Waals surface area (Å²) in [4.78, 5) is 0. The molecule has 1 aromatic rings. The molecule has 0 bridgehead atoms. The minimum absolute atomic E-state index is 0.271. The monoisotopic (exact) mass is 225 g/mol. The number of hydrogen-bond acceptors (Lipinski definition) is 1. The van der Waals surface area contributed by atoms with Crippen molar-refractivity contribution in [3.63, 3.8) is 0 Å².